The van der Waals surface area contributed by atoms with Crippen molar-refractivity contribution in [2.45, 2.75) is 45.1 Å². The van der Waals surface area contributed by atoms with Gasteiger partial charge in [-0.15, -0.1) is 0 Å². The van der Waals surface area contributed by atoms with E-state index in [0.717, 1.165) is 32.2 Å². The van der Waals surface area contributed by atoms with E-state index in [1.807, 2.05) is 0 Å². The molecule has 0 aromatic heterocycles. The van der Waals surface area contributed by atoms with E-state index in [1.54, 1.807) is 0 Å². The van der Waals surface area contributed by atoms with Crippen LogP contribution in [0.15, 0.2) is 0 Å². The fourth-order valence-electron chi connectivity index (χ4n) is 1.29. The molecule has 0 amide bonds. The molecule has 1 N–H and O–H groups in total. The first-order chi connectivity index (χ1) is 5.66. The molecule has 0 heterocycles. The van der Waals surface area contributed by atoms with Crippen molar-refractivity contribution < 1.29 is 5.11 Å². The van der Waals surface area contributed by atoms with Crippen LogP contribution in [-0.4, -0.2) is 36.8 Å². The van der Waals surface area contributed by atoms with Crippen molar-refractivity contribution in [3.05, 3.63) is 0 Å². The van der Waals surface area contributed by atoms with Crippen molar-refractivity contribution in [2.75, 3.05) is 20.6 Å². The van der Waals surface area contributed by atoms with Crippen molar-refractivity contribution in [2.24, 2.45) is 0 Å². The zero-order valence-electron chi connectivity index (χ0n) is 8.71. The first-order valence-corrected chi connectivity index (χ1v) is 4.99. The number of rotatable bonds is 7. The van der Waals surface area contributed by atoms with Crippen LogP contribution in [0, 0.1) is 0 Å². The largest absolute Gasteiger partial charge is 0.393 e. The Morgan fingerprint density at radius 3 is 2.33 bits per heavy atom. The molecule has 0 radical (unpaired) electrons. The summed E-state index contributed by atoms with van der Waals surface area (Å²) in [5.74, 6) is 0. The van der Waals surface area contributed by atoms with Crippen molar-refractivity contribution in [3.63, 3.8) is 0 Å². The van der Waals surface area contributed by atoms with Crippen molar-refractivity contribution >= 4 is 0 Å². The minimum absolute atomic E-state index is 0.0582. The fourth-order valence-corrected chi connectivity index (χ4v) is 1.29. The number of hydrogen-bond acceptors (Lipinski definition) is 2. The third-order valence-corrected chi connectivity index (χ3v) is 2.01. The fraction of sp³-hybridized carbons (Fsp3) is 1.00. The molecule has 0 saturated heterocycles. The third-order valence-electron chi connectivity index (χ3n) is 2.01. The number of unbranched alkanes of at least 4 members (excludes halogenated alkanes) is 1. The normalized spacial score (nSPS) is 13.8. The molecule has 0 bridgehead atoms. The summed E-state index contributed by atoms with van der Waals surface area (Å²) < 4.78 is 0. The molecule has 74 valence electrons. The molecular weight excluding hydrogens is 150 g/mol. The molecule has 0 fully saturated rings. The molecule has 0 aliphatic carbocycles. The van der Waals surface area contributed by atoms with Crippen LogP contribution in [0.4, 0.5) is 0 Å². The Bertz CT molecular complexity index is 93.8. The van der Waals surface area contributed by atoms with Gasteiger partial charge in [-0.05, 0) is 46.3 Å². The lowest BCUT2D eigenvalue weighted by Gasteiger charge is -2.11. The van der Waals surface area contributed by atoms with Gasteiger partial charge in [-0.1, -0.05) is 13.3 Å². The van der Waals surface area contributed by atoms with E-state index in [1.165, 1.54) is 6.42 Å². The Hall–Kier alpha value is -0.0800. The summed E-state index contributed by atoms with van der Waals surface area (Å²) in [6.45, 7) is 3.25. The monoisotopic (exact) mass is 173 g/mol. The molecule has 0 spiro atoms. The van der Waals surface area contributed by atoms with Gasteiger partial charge in [-0.3, -0.25) is 0 Å². The molecule has 0 saturated carbocycles. The average Bonchev–Trinajstić information content (AvgIpc) is 1.98. The zero-order valence-corrected chi connectivity index (χ0v) is 8.71. The summed E-state index contributed by atoms with van der Waals surface area (Å²) in [6.07, 6.45) is 5.32. The summed E-state index contributed by atoms with van der Waals surface area (Å²) in [5, 5.41) is 9.40. The Morgan fingerprint density at radius 1 is 1.17 bits per heavy atom. The number of nitrogens with zero attached hydrogens (tertiary/aromatic N) is 1. The molecule has 2 nitrogen and oxygen atoms in total. The van der Waals surface area contributed by atoms with Crippen LogP contribution in [0.3, 0.4) is 0 Å². The summed E-state index contributed by atoms with van der Waals surface area (Å²) in [6, 6.07) is 0. The molecule has 2 heteroatoms. The average molecular weight is 173 g/mol. The first-order valence-electron chi connectivity index (χ1n) is 4.99. The third kappa shape index (κ3) is 8.02. The van der Waals surface area contributed by atoms with Crippen LogP contribution >= 0.6 is 0 Å². The highest BCUT2D eigenvalue weighted by atomic mass is 16.3. The van der Waals surface area contributed by atoms with Crippen LogP contribution < -0.4 is 0 Å². The van der Waals surface area contributed by atoms with Gasteiger partial charge in [0.1, 0.15) is 0 Å². The molecule has 0 aliphatic heterocycles. The molecule has 0 aliphatic rings. The summed E-state index contributed by atoms with van der Waals surface area (Å²) >= 11 is 0. The van der Waals surface area contributed by atoms with Crippen molar-refractivity contribution in [1.82, 2.24) is 4.90 Å². The lowest BCUT2D eigenvalue weighted by molar-refractivity contribution is 0.149. The Kier molecular flexibility index (Phi) is 7.51. The molecule has 1 unspecified atom stereocenters. The maximum atomic E-state index is 9.40. The van der Waals surface area contributed by atoms with E-state index in [0.29, 0.717) is 0 Å². The summed E-state index contributed by atoms with van der Waals surface area (Å²) in [7, 11) is 4.17. The molecule has 0 aromatic rings. The van der Waals surface area contributed by atoms with E-state index < -0.39 is 0 Å². The predicted molar refractivity (Wildman–Crippen MR) is 53.3 cm³/mol. The number of hydrogen-bond donors (Lipinski definition) is 1. The smallest absolute Gasteiger partial charge is 0.0540 e. The highest BCUT2D eigenvalue weighted by Crippen LogP contribution is 2.06. The van der Waals surface area contributed by atoms with Gasteiger partial charge >= 0.3 is 0 Å². The van der Waals surface area contributed by atoms with Gasteiger partial charge in [-0.25, -0.2) is 0 Å². The Morgan fingerprint density at radius 2 is 1.83 bits per heavy atom. The Balaban J connectivity index is 3.08. The van der Waals surface area contributed by atoms with Crippen molar-refractivity contribution in [3.8, 4) is 0 Å². The van der Waals surface area contributed by atoms with Crippen LogP contribution in [0.2, 0.25) is 0 Å². The number of aliphatic hydroxyl groups excluding tert-OH is 1. The molecule has 0 aromatic carbocycles. The second-order valence-corrected chi connectivity index (χ2v) is 3.74. The molecule has 12 heavy (non-hydrogen) atoms. The van der Waals surface area contributed by atoms with E-state index in [2.05, 4.69) is 25.9 Å². The summed E-state index contributed by atoms with van der Waals surface area (Å²) in [4.78, 5) is 2.19. The standard InChI is InChI=1S/C10H23NO/c1-4-7-10(12)8-5-6-9-11(2)3/h10,12H,4-9H2,1-3H3. The number of aliphatic hydroxyl groups is 1. The quantitative estimate of drug-likeness (QED) is 0.594. The van der Waals surface area contributed by atoms with E-state index in [9.17, 15) is 5.11 Å². The van der Waals surface area contributed by atoms with Gasteiger partial charge in [0.15, 0.2) is 0 Å². The molecule has 1 atom stereocenters. The van der Waals surface area contributed by atoms with Gasteiger partial charge in [0.2, 0.25) is 0 Å². The molecule has 0 rings (SSSR count). The second kappa shape index (κ2) is 7.56. The summed E-state index contributed by atoms with van der Waals surface area (Å²) in [5.41, 5.74) is 0. The van der Waals surface area contributed by atoms with E-state index in [-0.39, 0.29) is 6.10 Å². The minimum atomic E-state index is -0.0582. The lowest BCUT2D eigenvalue weighted by Crippen LogP contribution is -2.14. The maximum Gasteiger partial charge on any atom is 0.0540 e. The van der Waals surface area contributed by atoms with Crippen LogP contribution in [0.5, 0.6) is 0 Å². The highest BCUT2D eigenvalue weighted by Gasteiger charge is 2.01. The molecular formula is C10H23NO. The maximum absolute atomic E-state index is 9.40. The van der Waals surface area contributed by atoms with E-state index in [4.69, 9.17) is 0 Å². The van der Waals surface area contributed by atoms with Crippen LogP contribution in [-0.2, 0) is 0 Å². The van der Waals surface area contributed by atoms with Gasteiger partial charge in [0.25, 0.3) is 0 Å². The second-order valence-electron chi connectivity index (χ2n) is 3.74. The Labute approximate surface area is 76.6 Å². The minimum Gasteiger partial charge on any atom is -0.393 e. The van der Waals surface area contributed by atoms with Gasteiger partial charge in [0, 0.05) is 0 Å². The van der Waals surface area contributed by atoms with Gasteiger partial charge < -0.3 is 10.0 Å². The van der Waals surface area contributed by atoms with Crippen LogP contribution in [0.1, 0.15) is 39.0 Å². The zero-order chi connectivity index (χ0) is 9.40. The lowest BCUT2D eigenvalue weighted by atomic mass is 10.1. The predicted octanol–water partition coefficient (Wildman–Crippen LogP) is 1.88. The van der Waals surface area contributed by atoms with Gasteiger partial charge in [0.05, 0.1) is 6.10 Å². The SMILES string of the molecule is CCCC(O)CCCCN(C)C. The van der Waals surface area contributed by atoms with Gasteiger partial charge in [-0.2, -0.15) is 0 Å². The van der Waals surface area contributed by atoms with Crippen molar-refractivity contribution in [1.29, 1.82) is 0 Å². The van der Waals surface area contributed by atoms with Crippen LogP contribution in [0.25, 0.3) is 0 Å². The topological polar surface area (TPSA) is 23.5 Å². The highest BCUT2D eigenvalue weighted by molar-refractivity contribution is 4.55. The van der Waals surface area contributed by atoms with E-state index >= 15 is 0 Å². The first kappa shape index (κ1) is 11.9.